The van der Waals surface area contributed by atoms with Gasteiger partial charge in [-0.15, -0.1) is 0 Å². The molecule has 1 heteroatoms. The van der Waals surface area contributed by atoms with E-state index in [1.165, 1.54) is 21.1 Å². The van der Waals surface area contributed by atoms with Gasteiger partial charge in [0.2, 0.25) is 0 Å². The van der Waals surface area contributed by atoms with Crippen LogP contribution >= 0.6 is 0 Å². The molecule has 0 aromatic heterocycles. The third kappa shape index (κ3) is 11.7. The molecule has 0 atom stereocenters. The van der Waals surface area contributed by atoms with Gasteiger partial charge < -0.3 is 0 Å². The molecule has 0 saturated heterocycles. The van der Waals surface area contributed by atoms with Crippen molar-refractivity contribution >= 4 is 0 Å². The van der Waals surface area contributed by atoms with Gasteiger partial charge in [-0.25, -0.2) is 0 Å². The van der Waals surface area contributed by atoms with Gasteiger partial charge in [0, 0.05) is 0 Å². The molecule has 0 unspecified atom stereocenters. The second kappa shape index (κ2) is 6.57. The molecular formula is C20H44Cr. The second-order valence-electron chi connectivity index (χ2n) is 12.0. The van der Waals surface area contributed by atoms with E-state index in [4.69, 9.17) is 0 Å². The zero-order valence-corrected chi connectivity index (χ0v) is 18.5. The van der Waals surface area contributed by atoms with Crippen LogP contribution in [0.4, 0.5) is 0 Å². The average molecular weight is 337 g/mol. The third-order valence-corrected chi connectivity index (χ3v) is 12.2. The zero-order chi connectivity index (χ0) is 17.3. The molecule has 0 N–H and O–H groups in total. The van der Waals surface area contributed by atoms with Crippen molar-refractivity contribution in [2.75, 3.05) is 0 Å². The first-order chi connectivity index (χ1) is 8.83. The fourth-order valence-electron chi connectivity index (χ4n) is 3.98. The third-order valence-electron chi connectivity index (χ3n) is 2.96. The normalized spacial score (nSPS) is 16.2. The molecule has 0 rings (SSSR count). The van der Waals surface area contributed by atoms with E-state index in [1.807, 2.05) is 0 Å². The second-order valence-corrected chi connectivity index (χ2v) is 17.7. The number of rotatable bonds is 4. The molecule has 0 nitrogen and oxygen atoms in total. The Kier molecular flexibility index (Phi) is 6.74. The number of hydrogen-bond acceptors (Lipinski definition) is 0. The molecule has 0 amide bonds. The summed E-state index contributed by atoms with van der Waals surface area (Å²) in [4.78, 5) is 0. The Morgan fingerprint density at radius 3 is 0.619 bits per heavy atom. The van der Waals surface area contributed by atoms with E-state index in [-0.39, 0.29) is 0 Å². The van der Waals surface area contributed by atoms with Crippen LogP contribution in [0.1, 0.15) is 83.1 Å². The van der Waals surface area contributed by atoms with Gasteiger partial charge in [-0.1, -0.05) is 0 Å². The fraction of sp³-hybridized carbons (Fsp3) is 1.00. The summed E-state index contributed by atoms with van der Waals surface area (Å²) < 4.78 is 0. The van der Waals surface area contributed by atoms with Crippen molar-refractivity contribution in [1.29, 1.82) is 0 Å². The Bertz CT molecular complexity index is 242. The van der Waals surface area contributed by atoms with Crippen LogP contribution in [-0.2, 0) is 13.1 Å². The van der Waals surface area contributed by atoms with Crippen LogP contribution in [0.3, 0.4) is 0 Å². The van der Waals surface area contributed by atoms with E-state index in [9.17, 15) is 0 Å². The van der Waals surface area contributed by atoms with Gasteiger partial charge in [0.1, 0.15) is 0 Å². The molecule has 0 aliphatic rings. The zero-order valence-electron chi connectivity index (χ0n) is 17.2. The van der Waals surface area contributed by atoms with Crippen molar-refractivity contribution in [3.63, 3.8) is 0 Å². The summed E-state index contributed by atoms with van der Waals surface area (Å²) in [5.74, 6) is 0. The van der Waals surface area contributed by atoms with Crippen LogP contribution in [0.15, 0.2) is 0 Å². The van der Waals surface area contributed by atoms with Gasteiger partial charge in [-0.3, -0.25) is 0 Å². The van der Waals surface area contributed by atoms with Crippen LogP contribution in [0, 0.1) is 21.7 Å². The SMILES string of the molecule is CC(C)(C)[CH2][Cr]([CH2]C(C)(C)C)([CH2]C(C)(C)C)[CH2]C(C)(C)C. The van der Waals surface area contributed by atoms with E-state index < -0.39 is 13.1 Å². The molecule has 0 aromatic carbocycles. The summed E-state index contributed by atoms with van der Waals surface area (Å²) in [6.07, 6.45) is 0. The van der Waals surface area contributed by atoms with Crippen molar-refractivity contribution in [3.05, 3.63) is 0 Å². The Balaban J connectivity index is 5.70. The van der Waals surface area contributed by atoms with Gasteiger partial charge >= 0.3 is 139 Å². The first kappa shape index (κ1) is 21.5. The van der Waals surface area contributed by atoms with E-state index in [0.717, 1.165) is 0 Å². The standard InChI is InChI=1S/4C5H11.Cr/c4*1-5(2,3)4;/h4*1H2,2-4H3;. The van der Waals surface area contributed by atoms with Gasteiger partial charge in [-0.05, 0) is 0 Å². The van der Waals surface area contributed by atoms with E-state index >= 15 is 0 Å². The van der Waals surface area contributed by atoms with Crippen molar-refractivity contribution in [1.82, 2.24) is 0 Å². The number of hydrogen-bond donors (Lipinski definition) is 0. The molecule has 130 valence electrons. The quantitative estimate of drug-likeness (QED) is 0.488. The Morgan fingerprint density at radius 1 is 0.381 bits per heavy atom. The molecular weight excluding hydrogens is 292 g/mol. The van der Waals surface area contributed by atoms with Crippen LogP contribution in [0.25, 0.3) is 0 Å². The fourth-order valence-corrected chi connectivity index (χ4v) is 16.4. The molecule has 0 spiro atoms. The Hall–Kier alpha value is 0.532. The van der Waals surface area contributed by atoms with Gasteiger partial charge in [0.25, 0.3) is 0 Å². The molecule has 21 heavy (non-hydrogen) atoms. The van der Waals surface area contributed by atoms with Gasteiger partial charge in [0.05, 0.1) is 0 Å². The molecule has 0 aliphatic carbocycles. The van der Waals surface area contributed by atoms with Gasteiger partial charge in [0.15, 0.2) is 0 Å². The first-order valence-corrected chi connectivity index (χ1v) is 12.2. The molecule has 0 bridgehead atoms. The van der Waals surface area contributed by atoms with Crippen molar-refractivity contribution < 1.29 is 13.1 Å². The van der Waals surface area contributed by atoms with E-state index in [1.54, 1.807) is 0 Å². The maximum absolute atomic E-state index is 2.45. The van der Waals surface area contributed by atoms with E-state index in [2.05, 4.69) is 83.1 Å². The Morgan fingerprint density at radius 2 is 0.524 bits per heavy atom. The predicted molar refractivity (Wildman–Crippen MR) is 97.0 cm³/mol. The molecule has 0 aliphatic heterocycles. The molecule has 0 fully saturated rings. The summed E-state index contributed by atoms with van der Waals surface area (Å²) >= 11 is -1.56. The van der Waals surface area contributed by atoms with Crippen molar-refractivity contribution in [2.45, 2.75) is 104 Å². The maximum atomic E-state index is 2.45. The summed E-state index contributed by atoms with van der Waals surface area (Å²) in [6, 6.07) is 0. The average Bonchev–Trinajstić information content (AvgIpc) is 1.83. The van der Waals surface area contributed by atoms with E-state index in [0.29, 0.717) is 21.7 Å². The molecule has 0 aromatic rings. The minimum absolute atomic E-state index is 0.460. The first-order valence-electron chi connectivity index (χ1n) is 8.57. The summed E-state index contributed by atoms with van der Waals surface area (Å²) in [5, 5.41) is 5.93. The summed E-state index contributed by atoms with van der Waals surface area (Å²) in [6.45, 7) is 29.4. The summed E-state index contributed by atoms with van der Waals surface area (Å²) in [5.41, 5.74) is 1.84. The van der Waals surface area contributed by atoms with Crippen molar-refractivity contribution in [3.8, 4) is 0 Å². The monoisotopic (exact) mass is 336 g/mol. The van der Waals surface area contributed by atoms with Crippen LogP contribution in [0.2, 0.25) is 21.1 Å². The van der Waals surface area contributed by atoms with Crippen LogP contribution in [-0.4, -0.2) is 0 Å². The Labute approximate surface area is 139 Å². The molecule has 0 heterocycles. The summed E-state index contributed by atoms with van der Waals surface area (Å²) in [7, 11) is 0. The van der Waals surface area contributed by atoms with Crippen molar-refractivity contribution in [2.24, 2.45) is 21.7 Å². The van der Waals surface area contributed by atoms with Crippen LogP contribution < -0.4 is 0 Å². The van der Waals surface area contributed by atoms with Crippen LogP contribution in [0.5, 0.6) is 0 Å². The molecule has 0 saturated carbocycles. The minimum atomic E-state index is -1.56. The predicted octanol–water partition coefficient (Wildman–Crippen LogP) is 8.00. The van der Waals surface area contributed by atoms with Gasteiger partial charge in [-0.2, -0.15) is 0 Å². The molecule has 0 radical (unpaired) electrons. The topological polar surface area (TPSA) is 0 Å².